The number of nitrogens with one attached hydrogen (secondary N) is 1. The van der Waals surface area contributed by atoms with E-state index in [0.29, 0.717) is 12.1 Å². The number of amides is 1. The zero-order valence-corrected chi connectivity index (χ0v) is 18.0. The molecule has 1 aromatic heterocycles. The highest BCUT2D eigenvalue weighted by molar-refractivity contribution is 6.00. The number of nitrogens with zero attached hydrogens (tertiary/aromatic N) is 2. The molecule has 0 unspecified atom stereocenters. The van der Waals surface area contributed by atoms with Gasteiger partial charge in [-0.25, -0.2) is 4.68 Å². The lowest BCUT2D eigenvalue weighted by molar-refractivity contribution is 0.0954. The first-order valence-electron chi connectivity index (χ1n) is 10.8. The van der Waals surface area contributed by atoms with Crippen LogP contribution in [0.15, 0.2) is 85.1 Å². The van der Waals surface area contributed by atoms with Crippen LogP contribution in [0.5, 0.6) is 0 Å². The minimum atomic E-state index is -0.0884. The average molecular weight is 410 g/mol. The van der Waals surface area contributed by atoms with E-state index in [-0.39, 0.29) is 5.91 Å². The van der Waals surface area contributed by atoms with Gasteiger partial charge in [0.15, 0.2) is 0 Å². The van der Waals surface area contributed by atoms with Gasteiger partial charge in [-0.05, 0) is 42.2 Å². The molecule has 0 bridgehead atoms. The second kappa shape index (κ2) is 9.43. The Bertz CT molecular complexity index is 1160. The van der Waals surface area contributed by atoms with Crippen LogP contribution in [0.25, 0.3) is 28.1 Å². The van der Waals surface area contributed by atoms with Crippen molar-refractivity contribution in [2.45, 2.75) is 26.7 Å². The molecular formula is C27H27N3O. The summed E-state index contributed by atoms with van der Waals surface area (Å²) in [6.45, 7) is 4.83. The summed E-state index contributed by atoms with van der Waals surface area (Å²) in [4.78, 5) is 12.9. The number of rotatable bonds is 7. The molecule has 3 aromatic carbocycles. The van der Waals surface area contributed by atoms with Gasteiger partial charge in [0.2, 0.25) is 0 Å². The fourth-order valence-corrected chi connectivity index (χ4v) is 3.67. The van der Waals surface area contributed by atoms with Gasteiger partial charge >= 0.3 is 0 Å². The summed E-state index contributed by atoms with van der Waals surface area (Å²) in [6.07, 6.45) is 3.67. The minimum Gasteiger partial charge on any atom is -0.352 e. The van der Waals surface area contributed by atoms with E-state index in [2.05, 4.69) is 72.8 Å². The zero-order chi connectivity index (χ0) is 21.6. The third-order valence-corrected chi connectivity index (χ3v) is 5.34. The molecule has 1 amide bonds. The molecule has 0 fully saturated rings. The lowest BCUT2D eigenvalue weighted by atomic mass is 10.0. The van der Waals surface area contributed by atoms with Crippen LogP contribution in [0.2, 0.25) is 0 Å². The molecule has 0 atom stereocenters. The van der Waals surface area contributed by atoms with Crippen LogP contribution in [0.3, 0.4) is 0 Å². The molecule has 0 saturated carbocycles. The lowest BCUT2D eigenvalue weighted by Gasteiger charge is -2.12. The van der Waals surface area contributed by atoms with Crippen molar-refractivity contribution in [3.63, 3.8) is 0 Å². The van der Waals surface area contributed by atoms with Crippen molar-refractivity contribution in [1.82, 2.24) is 15.1 Å². The highest BCUT2D eigenvalue weighted by Crippen LogP contribution is 2.29. The highest BCUT2D eigenvalue weighted by Gasteiger charge is 2.20. The Hall–Kier alpha value is -3.66. The van der Waals surface area contributed by atoms with Gasteiger partial charge in [-0.3, -0.25) is 4.79 Å². The fraction of sp³-hybridized carbons (Fsp3) is 0.185. The van der Waals surface area contributed by atoms with E-state index >= 15 is 0 Å². The van der Waals surface area contributed by atoms with Crippen molar-refractivity contribution < 1.29 is 4.79 Å². The first kappa shape index (κ1) is 20.6. The third-order valence-electron chi connectivity index (χ3n) is 5.34. The van der Waals surface area contributed by atoms with E-state index in [1.807, 2.05) is 35.0 Å². The molecule has 0 saturated heterocycles. The topological polar surface area (TPSA) is 46.9 Å². The highest BCUT2D eigenvalue weighted by atomic mass is 16.1. The Morgan fingerprint density at radius 3 is 2.32 bits per heavy atom. The first-order chi connectivity index (χ1) is 15.2. The number of unbranched alkanes of at least 4 members (excludes halogenated alkanes) is 1. The Morgan fingerprint density at radius 1 is 0.903 bits per heavy atom. The molecule has 1 N–H and O–H groups in total. The largest absolute Gasteiger partial charge is 0.352 e. The molecule has 31 heavy (non-hydrogen) atoms. The summed E-state index contributed by atoms with van der Waals surface area (Å²) < 4.78 is 1.86. The maximum Gasteiger partial charge on any atom is 0.255 e. The molecule has 0 aliphatic rings. The smallest absolute Gasteiger partial charge is 0.255 e. The summed E-state index contributed by atoms with van der Waals surface area (Å²) in [7, 11) is 0. The summed E-state index contributed by atoms with van der Waals surface area (Å²) in [6, 6.07) is 26.8. The molecule has 4 aromatic rings. The minimum absolute atomic E-state index is 0.0884. The van der Waals surface area contributed by atoms with E-state index in [1.165, 1.54) is 5.56 Å². The molecule has 4 nitrogen and oxygen atoms in total. The second-order valence-electron chi connectivity index (χ2n) is 7.71. The van der Waals surface area contributed by atoms with Gasteiger partial charge in [-0.15, -0.1) is 0 Å². The number of aryl methyl sites for hydroxylation is 1. The van der Waals surface area contributed by atoms with Gasteiger partial charge in [0, 0.05) is 12.1 Å². The molecule has 0 aliphatic heterocycles. The SMILES string of the molecule is CCCCNC(=O)c1cnn(-c2cccc(C)c2)c1-c1ccc(-c2ccccc2)cc1. The molecule has 1 heterocycles. The van der Waals surface area contributed by atoms with E-state index < -0.39 is 0 Å². The molecule has 0 aliphatic carbocycles. The van der Waals surface area contributed by atoms with Gasteiger partial charge in [-0.2, -0.15) is 5.10 Å². The molecule has 0 radical (unpaired) electrons. The molecule has 4 heteroatoms. The van der Waals surface area contributed by atoms with Crippen LogP contribution in [0.4, 0.5) is 0 Å². The second-order valence-corrected chi connectivity index (χ2v) is 7.71. The number of carbonyl (C=O) groups is 1. The van der Waals surface area contributed by atoms with Crippen molar-refractivity contribution in [2.24, 2.45) is 0 Å². The Kier molecular flexibility index (Phi) is 6.27. The standard InChI is InChI=1S/C27H27N3O/c1-3-4-17-28-27(31)25-19-29-30(24-12-8-9-20(2)18-24)26(25)23-15-13-22(14-16-23)21-10-6-5-7-11-21/h5-16,18-19H,3-4,17H2,1-2H3,(H,28,31). The average Bonchev–Trinajstić information content (AvgIpc) is 3.25. The fourth-order valence-electron chi connectivity index (χ4n) is 3.67. The van der Waals surface area contributed by atoms with Crippen molar-refractivity contribution in [3.8, 4) is 28.1 Å². The monoisotopic (exact) mass is 409 g/mol. The van der Waals surface area contributed by atoms with Crippen molar-refractivity contribution >= 4 is 5.91 Å². The van der Waals surface area contributed by atoms with Gasteiger partial charge < -0.3 is 5.32 Å². The Labute approximate surface area is 183 Å². The third kappa shape index (κ3) is 4.58. The maximum absolute atomic E-state index is 12.9. The lowest BCUT2D eigenvalue weighted by Crippen LogP contribution is -2.24. The zero-order valence-electron chi connectivity index (χ0n) is 18.0. The predicted molar refractivity (Wildman–Crippen MR) is 126 cm³/mol. The summed E-state index contributed by atoms with van der Waals surface area (Å²) in [5, 5.41) is 7.62. The van der Waals surface area contributed by atoms with Crippen LogP contribution in [-0.4, -0.2) is 22.2 Å². The van der Waals surface area contributed by atoms with Crippen LogP contribution in [0.1, 0.15) is 35.7 Å². The van der Waals surface area contributed by atoms with Crippen molar-refractivity contribution in [2.75, 3.05) is 6.54 Å². The van der Waals surface area contributed by atoms with Gasteiger partial charge in [0.25, 0.3) is 5.91 Å². The number of hydrogen-bond donors (Lipinski definition) is 1. The van der Waals surface area contributed by atoms with Crippen LogP contribution < -0.4 is 5.32 Å². The van der Waals surface area contributed by atoms with Crippen molar-refractivity contribution in [3.05, 3.63) is 96.2 Å². The predicted octanol–water partition coefficient (Wildman–Crippen LogP) is 6.04. The maximum atomic E-state index is 12.9. The Morgan fingerprint density at radius 2 is 1.61 bits per heavy atom. The number of carbonyl (C=O) groups excluding carboxylic acids is 1. The van der Waals surface area contributed by atoms with E-state index in [1.54, 1.807) is 6.20 Å². The molecule has 0 spiro atoms. The summed E-state index contributed by atoms with van der Waals surface area (Å²) in [5.74, 6) is -0.0884. The Balaban J connectivity index is 1.76. The van der Waals surface area contributed by atoms with Crippen molar-refractivity contribution in [1.29, 1.82) is 0 Å². The number of benzene rings is 3. The summed E-state index contributed by atoms with van der Waals surface area (Å²) >= 11 is 0. The van der Waals surface area contributed by atoms with E-state index in [9.17, 15) is 4.79 Å². The van der Waals surface area contributed by atoms with Gasteiger partial charge in [-0.1, -0.05) is 80.1 Å². The van der Waals surface area contributed by atoms with Crippen LogP contribution >= 0.6 is 0 Å². The first-order valence-corrected chi connectivity index (χ1v) is 10.8. The summed E-state index contributed by atoms with van der Waals surface area (Å²) in [5.41, 5.74) is 6.74. The number of aromatic nitrogens is 2. The quantitative estimate of drug-likeness (QED) is 0.378. The molecular weight excluding hydrogens is 382 g/mol. The van der Waals surface area contributed by atoms with E-state index in [4.69, 9.17) is 0 Å². The van der Waals surface area contributed by atoms with Gasteiger partial charge in [0.1, 0.15) is 0 Å². The van der Waals surface area contributed by atoms with E-state index in [0.717, 1.165) is 40.9 Å². The number of hydrogen-bond acceptors (Lipinski definition) is 2. The normalized spacial score (nSPS) is 10.8. The van der Waals surface area contributed by atoms with Crippen LogP contribution in [0, 0.1) is 6.92 Å². The molecule has 156 valence electrons. The van der Waals surface area contributed by atoms with Crippen LogP contribution in [-0.2, 0) is 0 Å². The van der Waals surface area contributed by atoms with Gasteiger partial charge in [0.05, 0.1) is 23.1 Å². The molecule has 4 rings (SSSR count).